The van der Waals surface area contributed by atoms with E-state index in [4.69, 9.17) is 10.2 Å². The van der Waals surface area contributed by atoms with Gasteiger partial charge >= 0.3 is 12.0 Å². The Bertz CT molecular complexity index is 286. The maximum absolute atomic E-state index is 11.9. The highest BCUT2D eigenvalue weighted by atomic mass is 16.4. The van der Waals surface area contributed by atoms with Gasteiger partial charge < -0.3 is 20.4 Å². The SMILES string of the molecule is CCN(CCO)C(=O)NC(CC(=O)O)C(C)(C)C. The summed E-state index contributed by atoms with van der Waals surface area (Å²) in [6.07, 6.45) is -0.119. The van der Waals surface area contributed by atoms with Gasteiger partial charge in [-0.15, -0.1) is 0 Å². The number of amides is 2. The second kappa shape index (κ2) is 7.20. The molecule has 18 heavy (non-hydrogen) atoms. The summed E-state index contributed by atoms with van der Waals surface area (Å²) in [5, 5.41) is 20.4. The molecule has 1 unspecified atom stereocenters. The number of aliphatic hydroxyl groups excluding tert-OH is 1. The van der Waals surface area contributed by atoms with Crippen molar-refractivity contribution < 1.29 is 19.8 Å². The van der Waals surface area contributed by atoms with Crippen LogP contribution in [0.5, 0.6) is 0 Å². The van der Waals surface area contributed by atoms with Gasteiger partial charge in [0, 0.05) is 19.1 Å². The molecule has 0 bridgehead atoms. The summed E-state index contributed by atoms with van der Waals surface area (Å²) in [5.41, 5.74) is -0.341. The van der Waals surface area contributed by atoms with E-state index in [-0.39, 0.29) is 31.0 Å². The van der Waals surface area contributed by atoms with Gasteiger partial charge in [-0.05, 0) is 12.3 Å². The molecule has 0 saturated carbocycles. The third-order valence-corrected chi connectivity index (χ3v) is 2.76. The molecule has 6 nitrogen and oxygen atoms in total. The Morgan fingerprint density at radius 2 is 1.89 bits per heavy atom. The molecule has 1 atom stereocenters. The van der Waals surface area contributed by atoms with E-state index < -0.39 is 12.0 Å². The molecule has 0 aliphatic heterocycles. The molecular formula is C12H24N2O4. The molecule has 0 aromatic heterocycles. The van der Waals surface area contributed by atoms with Crippen LogP contribution in [0.4, 0.5) is 4.79 Å². The monoisotopic (exact) mass is 260 g/mol. The van der Waals surface area contributed by atoms with E-state index in [0.717, 1.165) is 0 Å². The van der Waals surface area contributed by atoms with Crippen LogP contribution in [0.25, 0.3) is 0 Å². The maximum atomic E-state index is 11.9. The van der Waals surface area contributed by atoms with Crippen molar-refractivity contribution in [2.75, 3.05) is 19.7 Å². The molecule has 6 heteroatoms. The molecular weight excluding hydrogens is 236 g/mol. The quantitative estimate of drug-likeness (QED) is 0.662. The highest BCUT2D eigenvalue weighted by molar-refractivity contribution is 5.76. The number of rotatable bonds is 6. The molecule has 0 radical (unpaired) electrons. The Hall–Kier alpha value is -1.30. The summed E-state index contributed by atoms with van der Waals surface area (Å²) in [5.74, 6) is -0.944. The number of aliphatic carboxylic acids is 1. The second-order valence-corrected chi connectivity index (χ2v) is 5.27. The Balaban J connectivity index is 4.66. The molecule has 0 aliphatic carbocycles. The number of hydrogen-bond donors (Lipinski definition) is 3. The van der Waals surface area contributed by atoms with E-state index in [1.165, 1.54) is 4.90 Å². The molecule has 0 aromatic carbocycles. The van der Waals surface area contributed by atoms with Crippen LogP contribution in [0.15, 0.2) is 0 Å². The lowest BCUT2D eigenvalue weighted by molar-refractivity contribution is -0.138. The molecule has 0 heterocycles. The molecule has 0 fully saturated rings. The van der Waals surface area contributed by atoms with Crippen LogP contribution < -0.4 is 5.32 Å². The third kappa shape index (κ3) is 5.86. The van der Waals surface area contributed by atoms with Gasteiger partial charge in [-0.3, -0.25) is 4.79 Å². The molecule has 0 saturated heterocycles. The molecule has 3 N–H and O–H groups in total. The molecule has 0 spiro atoms. The minimum Gasteiger partial charge on any atom is -0.481 e. The topological polar surface area (TPSA) is 89.9 Å². The smallest absolute Gasteiger partial charge is 0.317 e. The molecule has 0 aromatic rings. The summed E-state index contributed by atoms with van der Waals surface area (Å²) in [7, 11) is 0. The highest BCUT2D eigenvalue weighted by Gasteiger charge is 2.29. The number of nitrogens with one attached hydrogen (secondary N) is 1. The van der Waals surface area contributed by atoms with Crippen molar-refractivity contribution in [3.8, 4) is 0 Å². The van der Waals surface area contributed by atoms with Gasteiger partial charge in [-0.2, -0.15) is 0 Å². The fourth-order valence-electron chi connectivity index (χ4n) is 1.51. The number of nitrogens with zero attached hydrogens (tertiary/aromatic N) is 1. The first-order valence-corrected chi connectivity index (χ1v) is 6.10. The van der Waals surface area contributed by atoms with E-state index in [1.54, 1.807) is 6.92 Å². The van der Waals surface area contributed by atoms with Crippen molar-refractivity contribution in [3.05, 3.63) is 0 Å². The van der Waals surface area contributed by atoms with Crippen molar-refractivity contribution >= 4 is 12.0 Å². The van der Waals surface area contributed by atoms with E-state index in [2.05, 4.69) is 5.32 Å². The summed E-state index contributed by atoms with van der Waals surface area (Å²) in [6.45, 7) is 8.04. The standard InChI is InChI=1S/C12H24N2O4/c1-5-14(6-7-15)11(18)13-9(8-10(16)17)12(2,3)4/h9,15H,5-8H2,1-4H3,(H,13,18)(H,16,17). The lowest BCUT2D eigenvalue weighted by Gasteiger charge is -2.32. The zero-order valence-corrected chi connectivity index (χ0v) is 11.6. The Labute approximate surface area is 108 Å². The average Bonchev–Trinajstić information content (AvgIpc) is 2.22. The lowest BCUT2D eigenvalue weighted by atomic mass is 9.85. The number of carboxylic acid groups (broad SMARTS) is 1. The first-order chi connectivity index (χ1) is 8.22. The summed E-state index contributed by atoms with van der Waals surface area (Å²) < 4.78 is 0. The second-order valence-electron chi connectivity index (χ2n) is 5.27. The highest BCUT2D eigenvalue weighted by Crippen LogP contribution is 2.22. The van der Waals surface area contributed by atoms with Crippen LogP contribution in [-0.4, -0.2) is 52.9 Å². The predicted octanol–water partition coefficient (Wildman–Crippen LogP) is 0.900. The van der Waals surface area contributed by atoms with E-state index in [9.17, 15) is 9.59 Å². The van der Waals surface area contributed by atoms with Gasteiger partial charge in [0.1, 0.15) is 0 Å². The van der Waals surface area contributed by atoms with Gasteiger partial charge in [-0.1, -0.05) is 20.8 Å². The van der Waals surface area contributed by atoms with E-state index in [1.807, 2.05) is 20.8 Å². The van der Waals surface area contributed by atoms with Crippen molar-refractivity contribution in [3.63, 3.8) is 0 Å². The van der Waals surface area contributed by atoms with Crippen LogP contribution in [0.1, 0.15) is 34.1 Å². The van der Waals surface area contributed by atoms with Crippen molar-refractivity contribution in [2.45, 2.75) is 40.2 Å². The van der Waals surface area contributed by atoms with Gasteiger partial charge in [0.15, 0.2) is 0 Å². The number of aliphatic hydroxyl groups is 1. The predicted molar refractivity (Wildman–Crippen MR) is 68.4 cm³/mol. The van der Waals surface area contributed by atoms with Gasteiger partial charge in [-0.25, -0.2) is 4.79 Å². The van der Waals surface area contributed by atoms with Gasteiger partial charge in [0.25, 0.3) is 0 Å². The minimum absolute atomic E-state index is 0.111. The Morgan fingerprint density at radius 1 is 1.33 bits per heavy atom. The molecule has 0 aliphatic rings. The largest absolute Gasteiger partial charge is 0.481 e. The number of likely N-dealkylation sites (N-methyl/N-ethyl adjacent to an activating group) is 1. The number of carboxylic acids is 1. The number of carbonyl (C=O) groups is 2. The van der Waals surface area contributed by atoms with Crippen LogP contribution in [0.2, 0.25) is 0 Å². The Kier molecular flexibility index (Phi) is 6.68. The van der Waals surface area contributed by atoms with Gasteiger partial charge in [0.2, 0.25) is 0 Å². The first-order valence-electron chi connectivity index (χ1n) is 6.10. The van der Waals surface area contributed by atoms with E-state index >= 15 is 0 Å². The maximum Gasteiger partial charge on any atom is 0.317 e. The summed E-state index contributed by atoms with van der Waals surface area (Å²) in [6, 6.07) is -0.789. The van der Waals surface area contributed by atoms with Gasteiger partial charge in [0.05, 0.1) is 13.0 Å². The number of urea groups is 1. The van der Waals surface area contributed by atoms with Crippen molar-refractivity contribution in [1.82, 2.24) is 10.2 Å². The van der Waals surface area contributed by atoms with Crippen LogP contribution in [0.3, 0.4) is 0 Å². The minimum atomic E-state index is -0.944. The number of carbonyl (C=O) groups excluding carboxylic acids is 1. The van der Waals surface area contributed by atoms with Crippen LogP contribution >= 0.6 is 0 Å². The molecule has 106 valence electrons. The zero-order valence-electron chi connectivity index (χ0n) is 11.6. The van der Waals surface area contributed by atoms with Crippen molar-refractivity contribution in [2.24, 2.45) is 5.41 Å². The Morgan fingerprint density at radius 3 is 2.22 bits per heavy atom. The average molecular weight is 260 g/mol. The van der Waals surface area contributed by atoms with Crippen LogP contribution in [-0.2, 0) is 4.79 Å². The van der Waals surface area contributed by atoms with E-state index in [0.29, 0.717) is 6.54 Å². The summed E-state index contributed by atoms with van der Waals surface area (Å²) in [4.78, 5) is 24.2. The summed E-state index contributed by atoms with van der Waals surface area (Å²) >= 11 is 0. The first kappa shape index (κ1) is 16.7. The fraction of sp³-hybridized carbons (Fsp3) is 0.833. The molecule has 2 amide bonds. The fourth-order valence-corrected chi connectivity index (χ4v) is 1.51. The van der Waals surface area contributed by atoms with Crippen LogP contribution in [0, 0.1) is 5.41 Å². The van der Waals surface area contributed by atoms with Crippen molar-refractivity contribution in [1.29, 1.82) is 0 Å². The molecule has 0 rings (SSSR count). The third-order valence-electron chi connectivity index (χ3n) is 2.76. The zero-order chi connectivity index (χ0) is 14.3. The lowest BCUT2D eigenvalue weighted by Crippen LogP contribution is -2.51. The normalized spacial score (nSPS) is 12.9. The number of hydrogen-bond acceptors (Lipinski definition) is 3.